The van der Waals surface area contributed by atoms with Crippen LogP contribution in [-0.2, 0) is 0 Å². The quantitative estimate of drug-likeness (QED) is 0.878. The highest BCUT2D eigenvalue weighted by atomic mass is 16.5. The van der Waals surface area contributed by atoms with E-state index < -0.39 is 5.97 Å². The maximum atomic E-state index is 10.8. The number of nitrogens with zero attached hydrogens (tertiary/aromatic N) is 1. The summed E-state index contributed by atoms with van der Waals surface area (Å²) in [6.45, 7) is 0. The van der Waals surface area contributed by atoms with Crippen LogP contribution in [0.15, 0.2) is 34.9 Å². The third kappa shape index (κ3) is 1.82. The molecule has 0 aliphatic heterocycles. The molecule has 0 radical (unpaired) electrons. The minimum absolute atomic E-state index is 0.0504. The summed E-state index contributed by atoms with van der Waals surface area (Å²) in [5.41, 5.74) is 2.13. The van der Waals surface area contributed by atoms with Crippen LogP contribution < -0.4 is 0 Å². The van der Waals surface area contributed by atoms with Gasteiger partial charge >= 0.3 is 5.97 Å². The molecule has 0 saturated heterocycles. The number of aromatic nitrogens is 1. The fourth-order valence-electron chi connectivity index (χ4n) is 1.97. The van der Waals surface area contributed by atoms with Crippen LogP contribution in [0.25, 0.3) is 11.3 Å². The van der Waals surface area contributed by atoms with Crippen molar-refractivity contribution in [3.8, 4) is 11.3 Å². The van der Waals surface area contributed by atoms with Gasteiger partial charge in [0.25, 0.3) is 0 Å². The molecule has 1 heterocycles. The van der Waals surface area contributed by atoms with E-state index in [1.807, 2.05) is 18.2 Å². The van der Waals surface area contributed by atoms with Crippen molar-refractivity contribution < 1.29 is 14.4 Å². The fourth-order valence-corrected chi connectivity index (χ4v) is 1.97. The summed E-state index contributed by atoms with van der Waals surface area (Å²) in [7, 11) is 0. The van der Waals surface area contributed by atoms with E-state index in [0.29, 0.717) is 11.7 Å². The van der Waals surface area contributed by atoms with Crippen molar-refractivity contribution in [3.63, 3.8) is 0 Å². The standard InChI is InChI=1S/C13H11NO3/c15-13(16)11-7-12(17-14-11)10-4-2-1-3-9(10)8-5-6-8/h1-4,7-8H,5-6H2,(H,15,16). The molecule has 1 saturated carbocycles. The Morgan fingerprint density at radius 2 is 2.12 bits per heavy atom. The Bertz CT molecular complexity index is 570. The van der Waals surface area contributed by atoms with Gasteiger partial charge in [-0.25, -0.2) is 4.79 Å². The first-order chi connectivity index (χ1) is 8.25. The third-order valence-corrected chi connectivity index (χ3v) is 2.97. The molecule has 3 rings (SSSR count). The molecule has 4 heteroatoms. The molecule has 1 N–H and O–H groups in total. The van der Waals surface area contributed by atoms with Crippen molar-refractivity contribution in [1.29, 1.82) is 0 Å². The van der Waals surface area contributed by atoms with Crippen molar-refractivity contribution in [1.82, 2.24) is 5.16 Å². The monoisotopic (exact) mass is 229 g/mol. The summed E-state index contributed by atoms with van der Waals surface area (Å²) >= 11 is 0. The van der Waals surface area contributed by atoms with Crippen LogP contribution >= 0.6 is 0 Å². The topological polar surface area (TPSA) is 63.3 Å². The molecule has 86 valence electrons. The Balaban J connectivity index is 2.05. The number of carbonyl (C=O) groups is 1. The number of carboxylic acid groups (broad SMARTS) is 1. The molecule has 0 atom stereocenters. The van der Waals surface area contributed by atoms with E-state index in [1.54, 1.807) is 0 Å². The first kappa shape index (κ1) is 10.1. The molecule has 1 aliphatic carbocycles. The Morgan fingerprint density at radius 3 is 2.76 bits per heavy atom. The zero-order valence-corrected chi connectivity index (χ0v) is 9.09. The Kier molecular flexibility index (Phi) is 2.21. The lowest BCUT2D eigenvalue weighted by atomic mass is 10.0. The fraction of sp³-hybridized carbons (Fsp3) is 0.231. The number of aromatic carboxylic acids is 1. The van der Waals surface area contributed by atoms with E-state index >= 15 is 0 Å². The Hall–Kier alpha value is -2.10. The first-order valence-corrected chi connectivity index (χ1v) is 5.55. The van der Waals surface area contributed by atoms with Gasteiger partial charge in [0.2, 0.25) is 0 Å². The predicted molar refractivity (Wildman–Crippen MR) is 60.9 cm³/mol. The van der Waals surface area contributed by atoms with Crippen LogP contribution in [-0.4, -0.2) is 16.2 Å². The molecule has 1 aliphatic rings. The minimum Gasteiger partial charge on any atom is -0.476 e. The van der Waals surface area contributed by atoms with Gasteiger partial charge in [0.05, 0.1) is 0 Å². The lowest BCUT2D eigenvalue weighted by molar-refractivity contribution is 0.0686. The summed E-state index contributed by atoms with van der Waals surface area (Å²) in [5, 5.41) is 12.4. The van der Waals surface area contributed by atoms with Crippen molar-refractivity contribution in [2.75, 3.05) is 0 Å². The second-order valence-electron chi connectivity index (χ2n) is 4.24. The molecule has 0 amide bonds. The van der Waals surface area contributed by atoms with Crippen molar-refractivity contribution in [3.05, 3.63) is 41.6 Å². The van der Waals surface area contributed by atoms with Gasteiger partial charge in [-0.2, -0.15) is 0 Å². The van der Waals surface area contributed by atoms with Crippen LogP contribution in [0.1, 0.15) is 34.8 Å². The maximum Gasteiger partial charge on any atom is 0.358 e. The lowest BCUT2D eigenvalue weighted by Crippen LogP contribution is -1.94. The summed E-state index contributed by atoms with van der Waals surface area (Å²) < 4.78 is 5.10. The van der Waals surface area contributed by atoms with E-state index in [0.717, 1.165) is 5.56 Å². The average Bonchev–Trinajstić information content (AvgIpc) is 3.06. The Labute approximate surface area is 97.9 Å². The smallest absolute Gasteiger partial charge is 0.358 e. The maximum absolute atomic E-state index is 10.8. The highest BCUT2D eigenvalue weighted by Gasteiger charge is 2.27. The van der Waals surface area contributed by atoms with Gasteiger partial charge in [0.15, 0.2) is 11.5 Å². The number of carboxylic acids is 1. The zero-order chi connectivity index (χ0) is 11.8. The van der Waals surface area contributed by atoms with Crippen LogP contribution in [0.4, 0.5) is 0 Å². The normalized spacial score (nSPS) is 14.8. The molecule has 0 spiro atoms. The second-order valence-corrected chi connectivity index (χ2v) is 4.24. The van der Waals surface area contributed by atoms with Crippen molar-refractivity contribution in [2.45, 2.75) is 18.8 Å². The second kappa shape index (κ2) is 3.73. The zero-order valence-electron chi connectivity index (χ0n) is 9.09. The van der Waals surface area contributed by atoms with Crippen LogP contribution in [0.3, 0.4) is 0 Å². The average molecular weight is 229 g/mol. The summed E-state index contributed by atoms with van der Waals surface area (Å²) in [5.74, 6) is 0.0541. The molecule has 0 bridgehead atoms. The van der Waals surface area contributed by atoms with Crippen LogP contribution in [0.5, 0.6) is 0 Å². The molecule has 4 nitrogen and oxygen atoms in total. The number of benzene rings is 1. The summed E-state index contributed by atoms with van der Waals surface area (Å²) in [6, 6.07) is 9.40. The molecule has 1 fully saturated rings. The molecule has 1 aromatic heterocycles. The first-order valence-electron chi connectivity index (χ1n) is 5.55. The van der Waals surface area contributed by atoms with E-state index in [4.69, 9.17) is 9.63 Å². The minimum atomic E-state index is -1.07. The number of hydrogen-bond donors (Lipinski definition) is 1. The van der Waals surface area contributed by atoms with Gasteiger partial charge in [0, 0.05) is 11.6 Å². The van der Waals surface area contributed by atoms with Crippen molar-refractivity contribution in [2.24, 2.45) is 0 Å². The molecular weight excluding hydrogens is 218 g/mol. The van der Waals surface area contributed by atoms with Gasteiger partial charge in [-0.1, -0.05) is 29.4 Å². The highest BCUT2D eigenvalue weighted by molar-refractivity contribution is 5.86. The highest BCUT2D eigenvalue weighted by Crippen LogP contribution is 2.44. The molecule has 17 heavy (non-hydrogen) atoms. The third-order valence-electron chi connectivity index (χ3n) is 2.97. The van der Waals surface area contributed by atoms with Gasteiger partial charge in [-0.3, -0.25) is 0 Å². The molecular formula is C13H11NO3. The SMILES string of the molecule is O=C(O)c1cc(-c2ccccc2C2CC2)on1. The van der Waals surface area contributed by atoms with Gasteiger partial charge in [-0.05, 0) is 24.3 Å². The predicted octanol–water partition coefficient (Wildman–Crippen LogP) is 2.92. The van der Waals surface area contributed by atoms with E-state index in [2.05, 4.69) is 11.2 Å². The van der Waals surface area contributed by atoms with Crippen molar-refractivity contribution >= 4 is 5.97 Å². The lowest BCUT2D eigenvalue weighted by Gasteiger charge is -2.03. The van der Waals surface area contributed by atoms with Gasteiger partial charge in [-0.15, -0.1) is 0 Å². The molecule has 0 unspecified atom stereocenters. The molecule has 1 aromatic carbocycles. The van der Waals surface area contributed by atoms with Crippen LogP contribution in [0.2, 0.25) is 0 Å². The molecule has 2 aromatic rings. The van der Waals surface area contributed by atoms with E-state index in [9.17, 15) is 4.79 Å². The van der Waals surface area contributed by atoms with Gasteiger partial charge < -0.3 is 9.63 Å². The number of hydrogen-bond acceptors (Lipinski definition) is 3. The summed E-state index contributed by atoms with van der Waals surface area (Å²) in [4.78, 5) is 10.8. The van der Waals surface area contributed by atoms with Crippen LogP contribution in [0, 0.1) is 0 Å². The van der Waals surface area contributed by atoms with E-state index in [-0.39, 0.29) is 5.69 Å². The summed E-state index contributed by atoms with van der Waals surface area (Å²) in [6.07, 6.45) is 2.38. The largest absolute Gasteiger partial charge is 0.476 e. The number of rotatable bonds is 3. The van der Waals surface area contributed by atoms with E-state index in [1.165, 1.54) is 24.5 Å². The van der Waals surface area contributed by atoms with Gasteiger partial charge in [0.1, 0.15) is 0 Å². The Morgan fingerprint density at radius 1 is 1.35 bits per heavy atom.